The van der Waals surface area contributed by atoms with Gasteiger partial charge >= 0.3 is 11.9 Å². The Morgan fingerprint density at radius 1 is 0.588 bits per heavy atom. The second kappa shape index (κ2) is 16.8. The molecule has 8 heteroatoms. The van der Waals surface area contributed by atoms with Gasteiger partial charge in [-0.05, 0) is 115 Å². The van der Waals surface area contributed by atoms with Crippen LogP contribution in [-0.4, -0.2) is 48.1 Å². The van der Waals surface area contributed by atoms with Crippen LogP contribution < -0.4 is 20.1 Å². The molecule has 0 atom stereocenters. The van der Waals surface area contributed by atoms with Gasteiger partial charge in [-0.3, -0.25) is 9.59 Å². The van der Waals surface area contributed by atoms with Crippen LogP contribution in [0.1, 0.15) is 112 Å². The number of nitrogens with one attached hydrogen (secondary N) is 4. The molecule has 4 rings (SSSR count). The summed E-state index contributed by atoms with van der Waals surface area (Å²) in [6, 6.07) is 11.7. The summed E-state index contributed by atoms with van der Waals surface area (Å²) in [6.07, 6.45) is 9.08. The molecule has 280 valence electrons. The van der Waals surface area contributed by atoms with E-state index in [1.165, 1.54) is 0 Å². The lowest BCUT2D eigenvalue weighted by molar-refractivity contribution is -0.137. The number of aromatic nitrogens is 2. The number of fused-ring (bicyclic) bond motifs is 2. The quantitative estimate of drug-likeness (QED) is 0.0416. The van der Waals surface area contributed by atoms with Gasteiger partial charge in [0, 0.05) is 34.2 Å². The van der Waals surface area contributed by atoms with Crippen molar-refractivity contribution in [3.63, 3.8) is 0 Å². The second-order valence-corrected chi connectivity index (χ2v) is 17.7. The van der Waals surface area contributed by atoms with Crippen molar-refractivity contribution >= 4 is 33.7 Å². The van der Waals surface area contributed by atoms with Crippen molar-refractivity contribution in [3.8, 4) is 11.5 Å². The van der Waals surface area contributed by atoms with E-state index >= 15 is 0 Å². The molecular formula is C43H64N4O4. The topological polar surface area (TPSA) is 108 Å². The monoisotopic (exact) mass is 700 g/mol. The molecule has 0 bridgehead atoms. The Labute approximate surface area is 306 Å². The standard InChI is InChI=1S/C43H64N4O4/c1-11-44-21-19-30-25-46-32-15-13-17-34(38(30)32)50-36(48)23-40(3,4)27-42(7,8)29-43(9,10)28-41(5,6)24-37(49)51-35-18-14-16-33-39(35)31(26-47-33)20-22-45-12-2/h13-18,25-26,44-47H,11-12,19-24,27-29H2,1-10H3. The number of aromatic amines is 2. The average molecular weight is 701 g/mol. The molecule has 8 nitrogen and oxygen atoms in total. The first-order chi connectivity index (χ1) is 23.9. The highest BCUT2D eigenvalue weighted by atomic mass is 16.5. The third kappa shape index (κ3) is 11.7. The van der Waals surface area contributed by atoms with Crippen LogP contribution in [0, 0.1) is 21.7 Å². The third-order valence-electron chi connectivity index (χ3n) is 9.71. The van der Waals surface area contributed by atoms with Gasteiger partial charge in [-0.2, -0.15) is 0 Å². The highest BCUT2D eigenvalue weighted by Crippen LogP contribution is 2.48. The predicted octanol–water partition coefficient (Wildman–Crippen LogP) is 9.52. The molecule has 51 heavy (non-hydrogen) atoms. The molecule has 0 amide bonds. The fourth-order valence-electron chi connectivity index (χ4n) is 9.04. The van der Waals surface area contributed by atoms with Gasteiger partial charge in [0.2, 0.25) is 0 Å². The summed E-state index contributed by atoms with van der Waals surface area (Å²) in [6.45, 7) is 25.6. The Hall–Kier alpha value is -3.62. The zero-order chi connectivity index (χ0) is 37.5. The summed E-state index contributed by atoms with van der Waals surface area (Å²) < 4.78 is 12.1. The summed E-state index contributed by atoms with van der Waals surface area (Å²) in [5.41, 5.74) is 3.64. The van der Waals surface area contributed by atoms with Gasteiger partial charge in [-0.1, -0.05) is 81.4 Å². The number of carbonyl (C=O) groups excluding carboxylic acids is 2. The van der Waals surface area contributed by atoms with E-state index in [-0.39, 0.29) is 33.6 Å². The Morgan fingerprint density at radius 2 is 0.961 bits per heavy atom. The smallest absolute Gasteiger partial charge is 0.311 e. The van der Waals surface area contributed by atoms with Crippen molar-refractivity contribution in [2.75, 3.05) is 26.2 Å². The Morgan fingerprint density at radius 3 is 1.33 bits per heavy atom. The van der Waals surface area contributed by atoms with Gasteiger partial charge in [0.05, 0.1) is 12.8 Å². The number of carbonyl (C=O) groups is 2. The molecule has 0 fully saturated rings. The molecular weight excluding hydrogens is 636 g/mol. The number of hydrogen-bond acceptors (Lipinski definition) is 6. The summed E-state index contributed by atoms with van der Waals surface area (Å²) in [7, 11) is 0. The van der Waals surface area contributed by atoms with Gasteiger partial charge in [0.25, 0.3) is 0 Å². The maximum atomic E-state index is 13.4. The van der Waals surface area contributed by atoms with E-state index in [2.05, 4.69) is 89.8 Å². The zero-order valence-electron chi connectivity index (χ0n) is 33.0. The number of likely N-dealkylation sites (N-methyl/N-ethyl adjacent to an activating group) is 2. The highest BCUT2D eigenvalue weighted by Gasteiger charge is 2.38. The molecule has 0 saturated heterocycles. The van der Waals surface area contributed by atoms with Crippen LogP contribution in [0.2, 0.25) is 0 Å². The van der Waals surface area contributed by atoms with E-state index in [0.29, 0.717) is 24.3 Å². The molecule has 4 aromatic rings. The Balaban J connectivity index is 1.34. The van der Waals surface area contributed by atoms with E-state index in [1.54, 1.807) is 0 Å². The molecule has 2 aromatic carbocycles. The van der Waals surface area contributed by atoms with Gasteiger partial charge in [-0.25, -0.2) is 0 Å². The van der Waals surface area contributed by atoms with Gasteiger partial charge in [0.1, 0.15) is 11.5 Å². The third-order valence-corrected chi connectivity index (χ3v) is 9.71. The fourth-order valence-corrected chi connectivity index (χ4v) is 9.04. The largest absolute Gasteiger partial charge is 0.426 e. The van der Waals surface area contributed by atoms with E-state index in [0.717, 1.165) is 91.2 Å². The number of H-pyrrole nitrogens is 2. The van der Waals surface area contributed by atoms with E-state index in [9.17, 15) is 9.59 Å². The maximum absolute atomic E-state index is 13.4. The normalized spacial score (nSPS) is 12.9. The first-order valence-corrected chi connectivity index (χ1v) is 18.9. The van der Waals surface area contributed by atoms with Gasteiger partial charge < -0.3 is 30.1 Å². The number of rotatable bonds is 20. The predicted molar refractivity (Wildman–Crippen MR) is 211 cm³/mol. The molecule has 0 radical (unpaired) electrons. The summed E-state index contributed by atoms with van der Waals surface area (Å²) in [5.74, 6) is 0.829. The summed E-state index contributed by atoms with van der Waals surface area (Å²) in [4.78, 5) is 33.5. The Kier molecular flexibility index (Phi) is 13.2. The molecule has 0 aliphatic rings. The van der Waals surface area contributed by atoms with Crippen LogP contribution in [0.25, 0.3) is 21.8 Å². The molecule has 2 aromatic heterocycles. The second-order valence-electron chi connectivity index (χ2n) is 17.7. The van der Waals surface area contributed by atoms with Crippen LogP contribution in [0.15, 0.2) is 48.8 Å². The van der Waals surface area contributed by atoms with E-state index < -0.39 is 0 Å². The molecule has 2 heterocycles. The average Bonchev–Trinajstić information content (AvgIpc) is 3.60. The van der Waals surface area contributed by atoms with Crippen LogP contribution in [0.5, 0.6) is 11.5 Å². The maximum Gasteiger partial charge on any atom is 0.311 e. The van der Waals surface area contributed by atoms with Gasteiger partial charge in [-0.15, -0.1) is 0 Å². The lowest BCUT2D eigenvalue weighted by Crippen LogP contribution is -2.33. The number of hydrogen-bond donors (Lipinski definition) is 4. The molecule has 4 N–H and O–H groups in total. The molecule has 0 aliphatic heterocycles. The van der Waals surface area contributed by atoms with Gasteiger partial charge in [0.15, 0.2) is 0 Å². The minimum absolute atomic E-state index is 0.0447. The van der Waals surface area contributed by atoms with Crippen molar-refractivity contribution in [1.82, 2.24) is 20.6 Å². The SMILES string of the molecule is CCNCCc1c[nH]c2cccc(OC(=O)CC(C)(C)CC(C)(C)CC(C)(C)CC(C)(C)CC(=O)Oc3cccc4[nH]cc(CCNCC)c34)c12. The van der Waals surface area contributed by atoms with Crippen molar-refractivity contribution in [2.45, 2.75) is 114 Å². The fraction of sp³-hybridized carbons (Fsp3) is 0.581. The summed E-state index contributed by atoms with van der Waals surface area (Å²) in [5, 5.41) is 8.73. The molecule has 0 saturated carbocycles. The lowest BCUT2D eigenvalue weighted by Gasteiger charge is -2.42. The minimum atomic E-state index is -0.263. The Bertz CT molecular complexity index is 1630. The molecule has 0 unspecified atom stereocenters. The summed E-state index contributed by atoms with van der Waals surface area (Å²) >= 11 is 0. The number of esters is 2. The highest BCUT2D eigenvalue weighted by molar-refractivity contribution is 5.92. The lowest BCUT2D eigenvalue weighted by atomic mass is 9.63. The minimum Gasteiger partial charge on any atom is -0.426 e. The van der Waals surface area contributed by atoms with Crippen LogP contribution in [-0.2, 0) is 22.4 Å². The van der Waals surface area contributed by atoms with E-state index in [1.807, 2.05) is 48.8 Å². The van der Waals surface area contributed by atoms with Crippen molar-refractivity contribution in [2.24, 2.45) is 21.7 Å². The number of benzene rings is 2. The van der Waals surface area contributed by atoms with Crippen LogP contribution in [0.3, 0.4) is 0 Å². The molecule has 0 aliphatic carbocycles. The number of ether oxygens (including phenoxy) is 2. The van der Waals surface area contributed by atoms with Crippen LogP contribution in [0.4, 0.5) is 0 Å². The van der Waals surface area contributed by atoms with Crippen molar-refractivity contribution in [1.29, 1.82) is 0 Å². The van der Waals surface area contributed by atoms with E-state index in [4.69, 9.17) is 9.47 Å². The zero-order valence-corrected chi connectivity index (χ0v) is 33.0. The van der Waals surface area contributed by atoms with Crippen molar-refractivity contribution < 1.29 is 19.1 Å². The molecule has 0 spiro atoms. The van der Waals surface area contributed by atoms with Crippen LogP contribution >= 0.6 is 0 Å². The first-order valence-electron chi connectivity index (χ1n) is 18.9. The van der Waals surface area contributed by atoms with Crippen molar-refractivity contribution in [3.05, 3.63) is 59.9 Å². The first kappa shape index (κ1) is 40.2.